The first-order valence-corrected chi connectivity index (χ1v) is 9.21. The summed E-state index contributed by atoms with van der Waals surface area (Å²) in [4.78, 5) is 18.7. The van der Waals surface area contributed by atoms with E-state index in [1.807, 2.05) is 4.90 Å². The smallest absolute Gasteiger partial charge is 0.317 e. The number of hydrogen-bond donors (Lipinski definition) is 2. The maximum Gasteiger partial charge on any atom is 0.317 e. The second-order valence-corrected chi connectivity index (χ2v) is 7.05. The van der Waals surface area contributed by atoms with E-state index in [1.165, 1.54) is 44.9 Å². The van der Waals surface area contributed by atoms with Crippen molar-refractivity contribution >= 4 is 6.03 Å². The summed E-state index contributed by atoms with van der Waals surface area (Å²) in [6.45, 7) is 2.43. The highest BCUT2D eigenvalue weighted by Gasteiger charge is 2.26. The molecule has 1 aliphatic heterocycles. The number of carbonyl (C=O) groups excluding carboxylic acids is 1. The van der Waals surface area contributed by atoms with Gasteiger partial charge in [0.15, 0.2) is 0 Å². The Kier molecular flexibility index (Phi) is 5.88. The molecule has 0 radical (unpaired) electrons. The molecule has 2 amide bonds. The van der Waals surface area contributed by atoms with Gasteiger partial charge in [0.2, 0.25) is 0 Å². The van der Waals surface area contributed by atoms with Crippen LogP contribution in [-0.4, -0.2) is 45.7 Å². The Morgan fingerprint density at radius 1 is 1.17 bits per heavy atom. The number of urea groups is 1. The fraction of sp³-hybridized carbons (Fsp3) is 0.824. The Labute approximate surface area is 138 Å². The van der Waals surface area contributed by atoms with Crippen LogP contribution in [-0.2, 0) is 0 Å². The van der Waals surface area contributed by atoms with Gasteiger partial charge in [-0.15, -0.1) is 0 Å². The molecular formula is C17H29N5O. The van der Waals surface area contributed by atoms with E-state index in [2.05, 4.69) is 20.5 Å². The fourth-order valence-corrected chi connectivity index (χ4v) is 3.88. The molecule has 6 heteroatoms. The lowest BCUT2D eigenvalue weighted by atomic mass is 9.91. The third-order valence-corrected chi connectivity index (χ3v) is 5.30. The number of likely N-dealkylation sites (tertiary alicyclic amines) is 1. The SMILES string of the molecule is O=C(NCC1CCCCCCC1)N1CCC[C@H](c2ncn[nH]2)C1. The lowest BCUT2D eigenvalue weighted by Gasteiger charge is -2.32. The van der Waals surface area contributed by atoms with E-state index in [0.717, 1.165) is 38.3 Å². The van der Waals surface area contributed by atoms with E-state index in [0.29, 0.717) is 11.8 Å². The summed E-state index contributed by atoms with van der Waals surface area (Å²) >= 11 is 0. The topological polar surface area (TPSA) is 73.9 Å². The van der Waals surface area contributed by atoms with Gasteiger partial charge in [-0.05, 0) is 31.6 Å². The summed E-state index contributed by atoms with van der Waals surface area (Å²) in [5, 5.41) is 10.0. The Bertz CT molecular complexity index is 467. The fourth-order valence-electron chi connectivity index (χ4n) is 3.88. The number of aromatic amines is 1. The summed E-state index contributed by atoms with van der Waals surface area (Å²) < 4.78 is 0. The molecule has 1 aromatic heterocycles. The predicted octanol–water partition coefficient (Wildman–Crippen LogP) is 3.05. The van der Waals surface area contributed by atoms with E-state index in [1.54, 1.807) is 6.33 Å². The summed E-state index contributed by atoms with van der Waals surface area (Å²) in [6.07, 6.45) is 12.9. The van der Waals surface area contributed by atoms with Crippen LogP contribution in [0.25, 0.3) is 0 Å². The number of rotatable bonds is 3. The molecule has 2 fully saturated rings. The van der Waals surface area contributed by atoms with Crippen LogP contribution in [0.2, 0.25) is 0 Å². The van der Waals surface area contributed by atoms with Crippen molar-refractivity contribution in [2.24, 2.45) is 5.92 Å². The summed E-state index contributed by atoms with van der Waals surface area (Å²) in [7, 11) is 0. The zero-order valence-electron chi connectivity index (χ0n) is 14.0. The molecule has 128 valence electrons. The summed E-state index contributed by atoms with van der Waals surface area (Å²) in [6, 6.07) is 0.0938. The van der Waals surface area contributed by atoms with Crippen molar-refractivity contribution in [3.63, 3.8) is 0 Å². The molecule has 2 N–H and O–H groups in total. The van der Waals surface area contributed by atoms with Crippen molar-refractivity contribution in [1.29, 1.82) is 0 Å². The summed E-state index contributed by atoms with van der Waals surface area (Å²) in [5.41, 5.74) is 0. The van der Waals surface area contributed by atoms with E-state index in [-0.39, 0.29) is 6.03 Å². The zero-order valence-corrected chi connectivity index (χ0v) is 14.0. The van der Waals surface area contributed by atoms with Gasteiger partial charge < -0.3 is 10.2 Å². The van der Waals surface area contributed by atoms with Crippen LogP contribution in [0.1, 0.15) is 69.5 Å². The molecule has 1 atom stereocenters. The van der Waals surface area contributed by atoms with E-state index in [4.69, 9.17) is 0 Å². The van der Waals surface area contributed by atoms with Crippen molar-refractivity contribution in [2.75, 3.05) is 19.6 Å². The predicted molar refractivity (Wildman–Crippen MR) is 89.1 cm³/mol. The number of piperidine rings is 1. The van der Waals surface area contributed by atoms with Gasteiger partial charge in [-0.25, -0.2) is 9.78 Å². The Balaban J connectivity index is 1.45. The van der Waals surface area contributed by atoms with Crippen molar-refractivity contribution in [3.8, 4) is 0 Å². The van der Waals surface area contributed by atoms with Gasteiger partial charge in [0, 0.05) is 25.6 Å². The van der Waals surface area contributed by atoms with Crippen LogP contribution in [0.15, 0.2) is 6.33 Å². The first-order chi connectivity index (χ1) is 11.3. The average molecular weight is 319 g/mol. The van der Waals surface area contributed by atoms with Crippen LogP contribution in [0.5, 0.6) is 0 Å². The molecule has 0 spiro atoms. The third-order valence-electron chi connectivity index (χ3n) is 5.30. The Morgan fingerprint density at radius 2 is 1.96 bits per heavy atom. The third kappa shape index (κ3) is 4.69. The highest BCUT2D eigenvalue weighted by Crippen LogP contribution is 2.24. The standard InChI is InChI=1S/C17H29N5O/c23-17(18-11-14-7-4-2-1-3-5-8-14)22-10-6-9-15(12-22)16-19-13-20-21-16/h13-15H,1-12H2,(H,18,23)(H,19,20,21)/t15-/m0/s1. The minimum absolute atomic E-state index is 0.0938. The largest absolute Gasteiger partial charge is 0.338 e. The molecule has 0 unspecified atom stereocenters. The minimum Gasteiger partial charge on any atom is -0.338 e. The van der Waals surface area contributed by atoms with Gasteiger partial charge in [0.1, 0.15) is 12.2 Å². The Morgan fingerprint density at radius 3 is 2.70 bits per heavy atom. The molecule has 1 aliphatic carbocycles. The van der Waals surface area contributed by atoms with Crippen LogP contribution in [0.4, 0.5) is 4.79 Å². The first-order valence-electron chi connectivity index (χ1n) is 9.21. The van der Waals surface area contributed by atoms with Gasteiger partial charge in [-0.2, -0.15) is 5.10 Å². The molecule has 0 bridgehead atoms. The van der Waals surface area contributed by atoms with Crippen molar-refractivity contribution in [1.82, 2.24) is 25.4 Å². The highest BCUT2D eigenvalue weighted by molar-refractivity contribution is 5.74. The number of hydrogen-bond acceptors (Lipinski definition) is 3. The molecule has 2 heterocycles. The van der Waals surface area contributed by atoms with Crippen LogP contribution >= 0.6 is 0 Å². The first kappa shape index (κ1) is 16.3. The number of nitrogens with zero attached hydrogens (tertiary/aromatic N) is 3. The molecule has 3 rings (SSSR count). The monoisotopic (exact) mass is 319 g/mol. The molecular weight excluding hydrogens is 290 g/mol. The molecule has 2 aliphatic rings. The Hall–Kier alpha value is -1.59. The second kappa shape index (κ2) is 8.31. The highest BCUT2D eigenvalue weighted by atomic mass is 16.2. The molecule has 1 saturated carbocycles. The molecule has 6 nitrogen and oxygen atoms in total. The van der Waals surface area contributed by atoms with E-state index < -0.39 is 0 Å². The number of H-pyrrole nitrogens is 1. The lowest BCUT2D eigenvalue weighted by Crippen LogP contribution is -2.46. The quantitative estimate of drug-likeness (QED) is 0.899. The van der Waals surface area contributed by atoms with Crippen molar-refractivity contribution in [2.45, 2.75) is 63.7 Å². The van der Waals surface area contributed by atoms with Crippen LogP contribution in [0.3, 0.4) is 0 Å². The van der Waals surface area contributed by atoms with E-state index in [9.17, 15) is 4.79 Å². The zero-order chi connectivity index (χ0) is 15.9. The average Bonchev–Trinajstić information content (AvgIpc) is 3.08. The van der Waals surface area contributed by atoms with Crippen LogP contribution in [0, 0.1) is 5.92 Å². The molecule has 1 aromatic rings. The van der Waals surface area contributed by atoms with Gasteiger partial charge in [0.25, 0.3) is 0 Å². The maximum atomic E-state index is 12.5. The number of amides is 2. The number of carbonyl (C=O) groups is 1. The maximum absolute atomic E-state index is 12.5. The summed E-state index contributed by atoms with van der Waals surface area (Å²) in [5.74, 6) is 1.86. The molecule has 1 saturated heterocycles. The second-order valence-electron chi connectivity index (χ2n) is 7.05. The lowest BCUT2D eigenvalue weighted by molar-refractivity contribution is 0.175. The number of nitrogens with one attached hydrogen (secondary N) is 2. The van der Waals surface area contributed by atoms with Crippen molar-refractivity contribution < 1.29 is 4.79 Å². The normalized spacial score (nSPS) is 24.0. The van der Waals surface area contributed by atoms with E-state index >= 15 is 0 Å². The van der Waals surface area contributed by atoms with Gasteiger partial charge in [-0.1, -0.05) is 32.1 Å². The van der Waals surface area contributed by atoms with Crippen LogP contribution < -0.4 is 5.32 Å². The van der Waals surface area contributed by atoms with Crippen molar-refractivity contribution in [3.05, 3.63) is 12.2 Å². The molecule has 0 aromatic carbocycles. The molecule has 23 heavy (non-hydrogen) atoms. The number of aromatic nitrogens is 3. The minimum atomic E-state index is 0.0938. The van der Waals surface area contributed by atoms with Gasteiger partial charge in [-0.3, -0.25) is 5.10 Å². The van der Waals surface area contributed by atoms with Gasteiger partial charge in [0.05, 0.1) is 0 Å². The van der Waals surface area contributed by atoms with Gasteiger partial charge >= 0.3 is 6.03 Å².